The van der Waals surface area contributed by atoms with Crippen LogP contribution in [0.25, 0.3) is 23.5 Å². The lowest BCUT2D eigenvalue weighted by molar-refractivity contribution is -0.189. The van der Waals surface area contributed by atoms with Crippen LogP contribution in [0.15, 0.2) is 29.6 Å². The lowest BCUT2D eigenvalue weighted by Crippen LogP contribution is -2.51. The summed E-state index contributed by atoms with van der Waals surface area (Å²) in [7, 11) is 0. The van der Waals surface area contributed by atoms with Gasteiger partial charge in [-0.3, -0.25) is 19.2 Å². The van der Waals surface area contributed by atoms with E-state index < -0.39 is 47.0 Å². The Labute approximate surface area is 339 Å². The first-order valence-corrected chi connectivity index (χ1v) is 20.6. The average Bonchev–Trinajstić information content (AvgIpc) is 3.52. The summed E-state index contributed by atoms with van der Waals surface area (Å²) in [5.41, 5.74) is -1.19. The van der Waals surface area contributed by atoms with Crippen molar-refractivity contribution < 1.29 is 38.2 Å². The maximum Gasteiger partial charge on any atom is 0.355 e. The number of amides is 2. The van der Waals surface area contributed by atoms with Crippen LogP contribution in [-0.4, -0.2) is 75.4 Å². The summed E-state index contributed by atoms with van der Waals surface area (Å²) in [5.74, 6) is -2.14. The molecule has 0 fully saturated rings. The first-order valence-electron chi connectivity index (χ1n) is 19.6. The van der Waals surface area contributed by atoms with E-state index >= 15 is 0 Å². The lowest BCUT2D eigenvalue weighted by Gasteiger charge is -2.35. The Balaban J connectivity index is 1.51. The molecule has 310 valence electrons. The monoisotopic (exact) mass is 806 g/mol. The molecule has 2 N–H and O–H groups in total. The van der Waals surface area contributed by atoms with Gasteiger partial charge in [0.2, 0.25) is 17.4 Å². The first-order chi connectivity index (χ1) is 26.8. The van der Waals surface area contributed by atoms with Crippen molar-refractivity contribution in [3.63, 3.8) is 0 Å². The highest BCUT2D eigenvalue weighted by Crippen LogP contribution is 2.40. The maximum absolute atomic E-state index is 13.9. The molecule has 0 aliphatic carbocycles. The van der Waals surface area contributed by atoms with Gasteiger partial charge >= 0.3 is 11.9 Å². The molecule has 0 saturated heterocycles. The number of rotatable bonds is 19. The molecule has 2 amide bonds. The number of carbonyl (C=O) groups is 5. The molecular weight excluding hydrogens is 749 g/mol. The third-order valence-electron chi connectivity index (χ3n) is 10.7. The molecule has 4 rings (SSSR count). The molecule has 3 atom stereocenters. The van der Waals surface area contributed by atoms with Gasteiger partial charge in [0.15, 0.2) is 0 Å². The summed E-state index contributed by atoms with van der Waals surface area (Å²) in [6.45, 7) is 20.6. The predicted octanol–water partition coefficient (Wildman–Crippen LogP) is 3.81. The number of aromatic nitrogens is 2. The minimum absolute atomic E-state index is 0.0434. The van der Waals surface area contributed by atoms with Crippen LogP contribution in [0.3, 0.4) is 0 Å². The Morgan fingerprint density at radius 3 is 2.49 bits per heavy atom. The summed E-state index contributed by atoms with van der Waals surface area (Å²) in [6.07, 6.45) is 7.17. The first kappa shape index (κ1) is 45.1. The molecule has 0 spiro atoms. The highest BCUT2D eigenvalue weighted by molar-refractivity contribution is 7.99. The van der Waals surface area contributed by atoms with E-state index in [1.807, 2.05) is 53.7 Å². The highest BCUT2D eigenvalue weighted by Gasteiger charge is 2.50. The fraction of sp³-hybridized carbons (Fsp3) is 0.558. The molecule has 4 heterocycles. The van der Waals surface area contributed by atoms with Gasteiger partial charge in [-0.05, 0) is 69.4 Å². The fourth-order valence-corrected chi connectivity index (χ4v) is 7.64. The van der Waals surface area contributed by atoms with Gasteiger partial charge in [-0.2, -0.15) is 11.8 Å². The van der Waals surface area contributed by atoms with Gasteiger partial charge in [0.25, 0.3) is 5.56 Å². The van der Waals surface area contributed by atoms with Gasteiger partial charge in [0, 0.05) is 40.6 Å². The van der Waals surface area contributed by atoms with Crippen molar-refractivity contribution in [1.29, 1.82) is 0 Å². The van der Waals surface area contributed by atoms with Crippen molar-refractivity contribution in [2.24, 2.45) is 11.3 Å². The average molecular weight is 807 g/mol. The molecule has 0 saturated carbocycles. The Morgan fingerprint density at radius 1 is 1.14 bits per heavy atom. The number of thioether (sulfide) groups is 1. The number of hydrogen-bond acceptors (Lipinski definition) is 11. The lowest BCUT2D eigenvalue weighted by atomic mass is 9.85. The van der Waals surface area contributed by atoms with E-state index in [2.05, 4.69) is 31.1 Å². The molecular formula is C43H58N4O9S. The largest absolute Gasteiger partial charge is 0.457 e. The number of esters is 2. The second-order valence-corrected chi connectivity index (χ2v) is 17.7. The fourth-order valence-electron chi connectivity index (χ4n) is 6.52. The van der Waals surface area contributed by atoms with Crippen LogP contribution in [0, 0.1) is 11.3 Å². The molecule has 0 radical (unpaired) electrons. The molecule has 14 heteroatoms. The SMILES string of the molecule is C=C/C=c1/nc2c(c/c1=C/C)Cn1c-2cc2c(c1=O)COC(=O)[C@@]2(CC)OC(=O)CNC(=O)C(CSC(C)C(C)C)NC(=O)CCC(C)(C)OCCC(C)(C)C=O. The molecule has 2 aromatic heterocycles. The number of carbonyl (C=O) groups excluding carboxylic acids is 5. The molecule has 2 aliphatic heterocycles. The third-order valence-corrected chi connectivity index (χ3v) is 12.2. The van der Waals surface area contributed by atoms with E-state index in [1.165, 1.54) is 11.8 Å². The Hall–Kier alpha value is -4.56. The van der Waals surface area contributed by atoms with Crippen molar-refractivity contribution in [2.45, 2.75) is 124 Å². The normalized spacial score (nSPS) is 17.9. The van der Waals surface area contributed by atoms with Crippen LogP contribution in [0.2, 0.25) is 0 Å². The summed E-state index contributed by atoms with van der Waals surface area (Å²) in [5, 5.41) is 7.14. The second-order valence-electron chi connectivity index (χ2n) is 16.3. The van der Waals surface area contributed by atoms with E-state index in [0.29, 0.717) is 42.1 Å². The predicted molar refractivity (Wildman–Crippen MR) is 220 cm³/mol. The summed E-state index contributed by atoms with van der Waals surface area (Å²) in [6, 6.07) is 2.67. The molecule has 0 aromatic carbocycles. The van der Waals surface area contributed by atoms with Gasteiger partial charge in [0.05, 0.1) is 34.4 Å². The maximum atomic E-state index is 13.9. The minimum atomic E-state index is -1.95. The van der Waals surface area contributed by atoms with Crippen LogP contribution in [-0.2, 0) is 56.9 Å². The van der Waals surface area contributed by atoms with Crippen LogP contribution < -0.4 is 26.8 Å². The van der Waals surface area contributed by atoms with Gasteiger partial charge in [0.1, 0.15) is 25.5 Å². The smallest absolute Gasteiger partial charge is 0.355 e. The summed E-state index contributed by atoms with van der Waals surface area (Å²) >= 11 is 1.52. The van der Waals surface area contributed by atoms with Crippen LogP contribution in [0.5, 0.6) is 0 Å². The zero-order valence-corrected chi connectivity index (χ0v) is 35.6. The molecule has 13 nitrogen and oxygen atoms in total. The highest BCUT2D eigenvalue weighted by atomic mass is 32.2. The second kappa shape index (κ2) is 18.8. The number of ether oxygens (including phenoxy) is 3. The van der Waals surface area contributed by atoms with Gasteiger partial charge in [-0.15, -0.1) is 0 Å². The third kappa shape index (κ3) is 10.7. The van der Waals surface area contributed by atoms with Crippen molar-refractivity contribution in [3.05, 3.63) is 62.4 Å². The molecule has 2 aliphatic rings. The Morgan fingerprint density at radius 2 is 1.86 bits per heavy atom. The van der Waals surface area contributed by atoms with Crippen LogP contribution >= 0.6 is 11.8 Å². The quantitative estimate of drug-likeness (QED) is 0.133. The number of cyclic esters (lactones) is 1. The Bertz CT molecular complexity index is 2070. The summed E-state index contributed by atoms with van der Waals surface area (Å²) in [4.78, 5) is 83.9. The minimum Gasteiger partial charge on any atom is -0.457 e. The van der Waals surface area contributed by atoms with E-state index in [0.717, 1.165) is 17.1 Å². The molecule has 0 bridgehead atoms. The molecule has 57 heavy (non-hydrogen) atoms. The molecule has 2 aromatic rings. The Kier molecular flexibility index (Phi) is 14.9. The zero-order chi connectivity index (χ0) is 42.3. The van der Waals surface area contributed by atoms with E-state index in [4.69, 9.17) is 19.2 Å². The number of allylic oxidation sites excluding steroid dienone is 1. The van der Waals surface area contributed by atoms with Gasteiger partial charge < -0.3 is 34.2 Å². The van der Waals surface area contributed by atoms with Gasteiger partial charge in [-0.25, -0.2) is 9.78 Å². The van der Waals surface area contributed by atoms with Crippen LogP contribution in [0.4, 0.5) is 0 Å². The number of pyridine rings is 2. The van der Waals surface area contributed by atoms with Crippen molar-refractivity contribution in [1.82, 2.24) is 20.2 Å². The van der Waals surface area contributed by atoms with E-state index in [-0.39, 0.29) is 59.6 Å². The standard InChI is InChI=1S/C43H58N4O9S/c1-11-14-32-28(12-2)19-29-22-47-34(37(29)46-32)20-31-30(39(47)52)23-54-40(53)43(31,13-3)56-36(50)21-44-38(51)33(24-57-27(6)26(4)5)45-35(49)15-16-42(9,10)55-18-17-41(7,8)25-48/h11-12,14,19-20,25-27,33H,1,13,15-18,21-24H2,2-10H3,(H,44,51)(H,45,49)/b28-12-,32-14+/t27?,33?,43-/m0/s1. The number of nitrogens with one attached hydrogen (secondary N) is 2. The van der Waals surface area contributed by atoms with Crippen molar-refractivity contribution >= 4 is 54.0 Å². The molecule has 2 unspecified atom stereocenters. The van der Waals surface area contributed by atoms with Gasteiger partial charge in [-0.1, -0.05) is 60.3 Å². The summed E-state index contributed by atoms with van der Waals surface area (Å²) < 4.78 is 18.9. The van der Waals surface area contributed by atoms with Crippen molar-refractivity contribution in [3.8, 4) is 11.4 Å². The topological polar surface area (TPSA) is 172 Å². The number of nitrogens with zero attached hydrogens (tertiary/aromatic N) is 2. The number of fused-ring (bicyclic) bond motifs is 4. The van der Waals surface area contributed by atoms with E-state index in [9.17, 15) is 28.8 Å². The van der Waals surface area contributed by atoms with Crippen LogP contribution in [0.1, 0.15) is 105 Å². The number of aldehydes is 1. The van der Waals surface area contributed by atoms with E-state index in [1.54, 1.807) is 29.7 Å². The zero-order valence-electron chi connectivity index (χ0n) is 34.7. The number of hydrogen-bond donors (Lipinski definition) is 2. The van der Waals surface area contributed by atoms with Crippen molar-refractivity contribution in [2.75, 3.05) is 18.9 Å².